The second-order valence-corrected chi connectivity index (χ2v) is 5.95. The van der Waals surface area contributed by atoms with Crippen molar-refractivity contribution in [1.82, 2.24) is 10.2 Å². The molecule has 0 bridgehead atoms. The third-order valence-corrected chi connectivity index (χ3v) is 3.88. The van der Waals surface area contributed by atoms with Crippen LogP contribution in [0.2, 0.25) is 0 Å². The predicted molar refractivity (Wildman–Crippen MR) is 98.3 cm³/mol. The normalized spacial score (nSPS) is 11.3. The third-order valence-electron chi connectivity index (χ3n) is 3.88. The molecule has 0 saturated carbocycles. The second-order valence-electron chi connectivity index (χ2n) is 5.95. The fourth-order valence-electron chi connectivity index (χ4n) is 2.64. The molecule has 2 aromatic carbocycles. The Hall–Kier alpha value is -3.13. The number of terminal acetylenes is 1. The molecule has 0 heterocycles. The summed E-state index contributed by atoms with van der Waals surface area (Å²) in [7, 11) is 0. The average molecular weight is 352 g/mol. The van der Waals surface area contributed by atoms with Crippen LogP contribution in [0, 0.1) is 18.2 Å². The van der Waals surface area contributed by atoms with Crippen molar-refractivity contribution in [3.8, 4) is 12.3 Å². The highest BCUT2D eigenvalue weighted by molar-refractivity contribution is 5.79. The highest BCUT2D eigenvalue weighted by atomic mass is 19.1. The average Bonchev–Trinajstić information content (AvgIpc) is 2.63. The largest absolute Gasteiger partial charge is 0.349 e. The van der Waals surface area contributed by atoms with Gasteiger partial charge in [0.2, 0.25) is 11.8 Å². The molecule has 2 rings (SSSR count). The van der Waals surface area contributed by atoms with Gasteiger partial charge in [-0.3, -0.25) is 9.59 Å². The zero-order chi connectivity index (χ0) is 18.9. The predicted octanol–water partition coefficient (Wildman–Crippen LogP) is 3.06. The smallest absolute Gasteiger partial charge is 0.226 e. The molecule has 2 aromatic rings. The molecule has 0 aliphatic carbocycles. The SMILES string of the molecule is C#CCN(Cc1ccc(F)cc1)C(=O)CC(NC(C)=O)c1ccccc1. The quantitative estimate of drug-likeness (QED) is 0.779. The van der Waals surface area contributed by atoms with E-state index in [4.69, 9.17) is 6.42 Å². The third kappa shape index (κ3) is 5.75. The lowest BCUT2D eigenvalue weighted by molar-refractivity contribution is -0.132. The van der Waals surface area contributed by atoms with E-state index in [1.54, 1.807) is 12.1 Å². The van der Waals surface area contributed by atoms with E-state index in [1.165, 1.54) is 24.0 Å². The fraction of sp³-hybridized carbons (Fsp3) is 0.238. The Labute approximate surface area is 153 Å². The number of halogens is 1. The van der Waals surface area contributed by atoms with Crippen LogP contribution in [0.5, 0.6) is 0 Å². The van der Waals surface area contributed by atoms with E-state index in [9.17, 15) is 14.0 Å². The molecule has 0 spiro atoms. The van der Waals surface area contributed by atoms with Gasteiger partial charge < -0.3 is 10.2 Å². The van der Waals surface area contributed by atoms with Crippen LogP contribution in [0.3, 0.4) is 0 Å². The van der Waals surface area contributed by atoms with Crippen LogP contribution in [0.15, 0.2) is 54.6 Å². The summed E-state index contributed by atoms with van der Waals surface area (Å²) in [5, 5.41) is 2.81. The molecule has 0 aliphatic rings. The zero-order valence-electron chi connectivity index (χ0n) is 14.6. The molecule has 1 atom stereocenters. The van der Waals surface area contributed by atoms with Gasteiger partial charge in [0, 0.05) is 13.5 Å². The van der Waals surface area contributed by atoms with Gasteiger partial charge in [0.1, 0.15) is 5.82 Å². The molecule has 1 N–H and O–H groups in total. The van der Waals surface area contributed by atoms with Gasteiger partial charge in [-0.05, 0) is 23.3 Å². The van der Waals surface area contributed by atoms with Gasteiger partial charge in [0.05, 0.1) is 19.0 Å². The molecule has 26 heavy (non-hydrogen) atoms. The van der Waals surface area contributed by atoms with Gasteiger partial charge in [0.25, 0.3) is 0 Å². The summed E-state index contributed by atoms with van der Waals surface area (Å²) in [5.74, 6) is 1.74. The Bertz CT molecular complexity index is 782. The number of hydrogen-bond acceptors (Lipinski definition) is 2. The first kappa shape index (κ1) is 19.2. The van der Waals surface area contributed by atoms with Gasteiger partial charge in [-0.2, -0.15) is 0 Å². The van der Waals surface area contributed by atoms with E-state index >= 15 is 0 Å². The molecular weight excluding hydrogens is 331 g/mol. The first-order valence-corrected chi connectivity index (χ1v) is 8.27. The van der Waals surface area contributed by atoms with Crippen LogP contribution in [-0.4, -0.2) is 23.3 Å². The molecule has 4 nitrogen and oxygen atoms in total. The fourth-order valence-corrected chi connectivity index (χ4v) is 2.64. The van der Waals surface area contributed by atoms with E-state index in [2.05, 4.69) is 11.2 Å². The summed E-state index contributed by atoms with van der Waals surface area (Å²) in [5.41, 5.74) is 1.63. The first-order valence-electron chi connectivity index (χ1n) is 8.27. The van der Waals surface area contributed by atoms with Crippen molar-refractivity contribution in [2.75, 3.05) is 6.54 Å². The number of nitrogens with zero attached hydrogens (tertiary/aromatic N) is 1. The molecule has 1 unspecified atom stereocenters. The van der Waals surface area contributed by atoms with Gasteiger partial charge in [-0.15, -0.1) is 6.42 Å². The van der Waals surface area contributed by atoms with Crippen LogP contribution >= 0.6 is 0 Å². The van der Waals surface area contributed by atoms with Gasteiger partial charge in [0.15, 0.2) is 0 Å². The van der Waals surface area contributed by atoms with Gasteiger partial charge in [-0.25, -0.2) is 4.39 Å². The summed E-state index contributed by atoms with van der Waals surface area (Å²) >= 11 is 0. The van der Waals surface area contributed by atoms with Crippen molar-refractivity contribution in [2.24, 2.45) is 0 Å². The summed E-state index contributed by atoms with van der Waals surface area (Å²) in [6.07, 6.45) is 5.48. The minimum absolute atomic E-state index is 0.0898. The zero-order valence-corrected chi connectivity index (χ0v) is 14.6. The van der Waals surface area contributed by atoms with Crippen molar-refractivity contribution in [3.63, 3.8) is 0 Å². The lowest BCUT2D eigenvalue weighted by atomic mass is 10.0. The van der Waals surface area contributed by atoms with E-state index in [1.807, 2.05) is 30.3 Å². The summed E-state index contributed by atoms with van der Waals surface area (Å²) in [6.45, 7) is 1.83. The Morgan fingerprint density at radius 3 is 2.38 bits per heavy atom. The Morgan fingerprint density at radius 1 is 1.15 bits per heavy atom. The highest BCUT2D eigenvalue weighted by Crippen LogP contribution is 2.19. The number of rotatable bonds is 7. The van der Waals surface area contributed by atoms with E-state index < -0.39 is 6.04 Å². The molecule has 0 aromatic heterocycles. The summed E-state index contributed by atoms with van der Waals surface area (Å²) in [6, 6.07) is 14.8. The highest BCUT2D eigenvalue weighted by Gasteiger charge is 2.21. The molecule has 5 heteroatoms. The number of carbonyl (C=O) groups excluding carboxylic acids is 2. The maximum absolute atomic E-state index is 13.1. The number of amides is 2. The number of benzene rings is 2. The maximum Gasteiger partial charge on any atom is 0.226 e. The standard InChI is InChI=1S/C21H21FN2O2/c1-3-13-24(15-17-9-11-19(22)12-10-17)21(26)14-20(23-16(2)25)18-7-5-4-6-8-18/h1,4-12,20H,13-15H2,2H3,(H,23,25). The van der Waals surface area contributed by atoms with E-state index in [0.29, 0.717) is 0 Å². The summed E-state index contributed by atoms with van der Waals surface area (Å²) < 4.78 is 13.1. The van der Waals surface area contributed by atoms with Gasteiger partial charge in [-0.1, -0.05) is 48.4 Å². The minimum atomic E-state index is -0.435. The van der Waals surface area contributed by atoms with Crippen LogP contribution < -0.4 is 5.32 Å². The van der Waals surface area contributed by atoms with Gasteiger partial charge >= 0.3 is 0 Å². The van der Waals surface area contributed by atoms with Crippen molar-refractivity contribution >= 4 is 11.8 Å². The van der Waals surface area contributed by atoms with Crippen LogP contribution in [0.1, 0.15) is 30.5 Å². The minimum Gasteiger partial charge on any atom is -0.349 e. The van der Waals surface area contributed by atoms with Crippen molar-refractivity contribution in [2.45, 2.75) is 25.9 Å². The second kappa shape index (κ2) is 9.38. The number of nitrogens with one attached hydrogen (secondary N) is 1. The van der Waals surface area contributed by atoms with Crippen LogP contribution in [0.4, 0.5) is 4.39 Å². The number of carbonyl (C=O) groups is 2. The molecule has 0 aliphatic heterocycles. The lowest BCUT2D eigenvalue weighted by Gasteiger charge is -2.24. The van der Waals surface area contributed by atoms with Crippen LogP contribution in [0.25, 0.3) is 0 Å². The van der Waals surface area contributed by atoms with E-state index in [-0.39, 0.29) is 37.1 Å². The Morgan fingerprint density at radius 2 is 1.81 bits per heavy atom. The molecular formula is C21H21FN2O2. The molecule has 0 saturated heterocycles. The number of hydrogen-bond donors (Lipinski definition) is 1. The molecule has 0 fully saturated rings. The molecule has 2 amide bonds. The lowest BCUT2D eigenvalue weighted by Crippen LogP contribution is -2.35. The van der Waals surface area contributed by atoms with Crippen LogP contribution in [-0.2, 0) is 16.1 Å². The Kier molecular flexibility index (Phi) is 6.92. The first-order chi connectivity index (χ1) is 12.5. The van der Waals surface area contributed by atoms with Crippen molar-refractivity contribution in [3.05, 3.63) is 71.5 Å². The summed E-state index contributed by atoms with van der Waals surface area (Å²) in [4.78, 5) is 25.8. The van der Waals surface area contributed by atoms with Crippen molar-refractivity contribution in [1.29, 1.82) is 0 Å². The molecule has 0 radical (unpaired) electrons. The Balaban J connectivity index is 2.14. The molecule has 134 valence electrons. The topological polar surface area (TPSA) is 49.4 Å². The van der Waals surface area contributed by atoms with Crippen molar-refractivity contribution < 1.29 is 14.0 Å². The van der Waals surface area contributed by atoms with E-state index in [0.717, 1.165) is 11.1 Å². The maximum atomic E-state index is 13.1. The monoisotopic (exact) mass is 352 g/mol.